The third-order valence-electron chi connectivity index (χ3n) is 1.82. The maximum absolute atomic E-state index is 11.1. The van der Waals surface area contributed by atoms with E-state index in [-0.39, 0.29) is 12.8 Å². The van der Waals surface area contributed by atoms with Crippen LogP contribution in [0.5, 0.6) is 0 Å². The summed E-state index contributed by atoms with van der Waals surface area (Å²) in [6.45, 7) is 0. The molecule has 0 saturated heterocycles. The predicted octanol–water partition coefficient (Wildman–Crippen LogP) is -0.819. The van der Waals surface area contributed by atoms with E-state index in [1.165, 1.54) is 0 Å². The van der Waals surface area contributed by atoms with Gasteiger partial charge in [0, 0.05) is 6.42 Å². The number of carboxylic acids is 2. The van der Waals surface area contributed by atoms with E-state index in [0.717, 1.165) is 0 Å². The Morgan fingerprint density at radius 3 is 1.94 bits per heavy atom. The van der Waals surface area contributed by atoms with Gasteiger partial charge in [-0.1, -0.05) is 0 Å². The summed E-state index contributed by atoms with van der Waals surface area (Å²) in [5.41, 5.74) is 5.33. The SMILES string of the molecule is N[C@@H](CCC(=O)CC(=O)O)C(=O)CC(=O)O. The van der Waals surface area contributed by atoms with Gasteiger partial charge in [0.25, 0.3) is 0 Å². The summed E-state index contributed by atoms with van der Waals surface area (Å²) >= 11 is 0. The minimum Gasteiger partial charge on any atom is -0.481 e. The van der Waals surface area contributed by atoms with Crippen LogP contribution >= 0.6 is 0 Å². The zero-order chi connectivity index (χ0) is 12.7. The Balaban J connectivity index is 3.92. The van der Waals surface area contributed by atoms with Gasteiger partial charge < -0.3 is 15.9 Å². The Kier molecular flexibility index (Phi) is 5.94. The van der Waals surface area contributed by atoms with E-state index in [2.05, 4.69) is 0 Å². The van der Waals surface area contributed by atoms with Gasteiger partial charge in [-0.05, 0) is 6.42 Å². The lowest BCUT2D eigenvalue weighted by Crippen LogP contribution is -2.32. The molecule has 0 unspecified atom stereocenters. The van der Waals surface area contributed by atoms with Crippen molar-refractivity contribution in [3.63, 3.8) is 0 Å². The standard InChI is InChI=1S/C9H13NO6/c10-6(7(12)4-9(15)16)2-1-5(11)3-8(13)14/h6H,1-4,10H2,(H,13,14)(H,15,16)/t6-/m0/s1. The van der Waals surface area contributed by atoms with Crippen LogP contribution < -0.4 is 5.73 Å². The molecule has 7 nitrogen and oxygen atoms in total. The highest BCUT2D eigenvalue weighted by molar-refractivity contribution is 5.98. The van der Waals surface area contributed by atoms with E-state index in [1.54, 1.807) is 0 Å². The molecule has 0 aromatic carbocycles. The Labute approximate surface area is 91.2 Å². The molecular formula is C9H13NO6. The minimum absolute atomic E-state index is 0.0295. The molecule has 0 spiro atoms. The molecule has 0 saturated carbocycles. The fourth-order valence-corrected chi connectivity index (χ4v) is 1.01. The average Bonchev–Trinajstić information content (AvgIpc) is 2.11. The Bertz CT molecular complexity index is 311. The van der Waals surface area contributed by atoms with E-state index in [4.69, 9.17) is 15.9 Å². The topological polar surface area (TPSA) is 135 Å². The lowest BCUT2D eigenvalue weighted by molar-refractivity contribution is -0.141. The van der Waals surface area contributed by atoms with Crippen LogP contribution in [0.1, 0.15) is 25.7 Å². The summed E-state index contributed by atoms with van der Waals surface area (Å²) in [5, 5.41) is 16.6. The second-order valence-corrected chi connectivity index (χ2v) is 3.29. The molecule has 0 amide bonds. The van der Waals surface area contributed by atoms with Gasteiger partial charge >= 0.3 is 11.9 Å². The number of carbonyl (C=O) groups is 4. The summed E-state index contributed by atoms with van der Waals surface area (Å²) in [5.74, 6) is -3.73. The molecule has 0 aliphatic heterocycles. The first-order valence-corrected chi connectivity index (χ1v) is 4.56. The molecule has 4 N–H and O–H groups in total. The van der Waals surface area contributed by atoms with Crippen molar-refractivity contribution in [2.24, 2.45) is 5.73 Å². The van der Waals surface area contributed by atoms with Gasteiger partial charge in [-0.2, -0.15) is 0 Å². The van der Waals surface area contributed by atoms with Crippen LogP contribution in [0, 0.1) is 0 Å². The first-order chi connectivity index (χ1) is 7.32. The Morgan fingerprint density at radius 2 is 1.50 bits per heavy atom. The highest BCUT2D eigenvalue weighted by Gasteiger charge is 2.18. The molecule has 0 radical (unpaired) electrons. The fourth-order valence-electron chi connectivity index (χ4n) is 1.01. The van der Waals surface area contributed by atoms with Crippen LogP contribution in [0.15, 0.2) is 0 Å². The number of hydrogen-bond donors (Lipinski definition) is 3. The molecule has 0 aliphatic rings. The number of nitrogens with two attached hydrogens (primary N) is 1. The molecule has 0 aromatic heterocycles. The molecule has 0 bridgehead atoms. The van der Waals surface area contributed by atoms with Gasteiger partial charge in [0.05, 0.1) is 6.04 Å². The lowest BCUT2D eigenvalue weighted by atomic mass is 10.0. The van der Waals surface area contributed by atoms with E-state index in [9.17, 15) is 19.2 Å². The van der Waals surface area contributed by atoms with Crippen molar-refractivity contribution in [1.29, 1.82) is 0 Å². The van der Waals surface area contributed by atoms with Crippen molar-refractivity contribution in [3.05, 3.63) is 0 Å². The second-order valence-electron chi connectivity index (χ2n) is 3.29. The van der Waals surface area contributed by atoms with Crippen LogP contribution in [0.3, 0.4) is 0 Å². The third-order valence-corrected chi connectivity index (χ3v) is 1.82. The summed E-state index contributed by atoms with van der Waals surface area (Å²) < 4.78 is 0. The molecule has 1 atom stereocenters. The number of carboxylic acid groups (broad SMARTS) is 2. The third kappa shape index (κ3) is 6.66. The number of ketones is 2. The van der Waals surface area contributed by atoms with E-state index in [0.29, 0.717) is 0 Å². The highest BCUT2D eigenvalue weighted by atomic mass is 16.4. The average molecular weight is 231 g/mol. The maximum atomic E-state index is 11.1. The first-order valence-electron chi connectivity index (χ1n) is 4.56. The maximum Gasteiger partial charge on any atom is 0.310 e. The Morgan fingerprint density at radius 1 is 1.00 bits per heavy atom. The molecule has 90 valence electrons. The number of aliphatic carboxylic acids is 2. The molecule has 0 aliphatic carbocycles. The van der Waals surface area contributed by atoms with Gasteiger partial charge in [-0.3, -0.25) is 19.2 Å². The smallest absolute Gasteiger partial charge is 0.310 e. The minimum atomic E-state index is -1.28. The number of carbonyl (C=O) groups excluding carboxylic acids is 2. The molecule has 0 fully saturated rings. The van der Waals surface area contributed by atoms with Crippen molar-refractivity contribution in [2.75, 3.05) is 0 Å². The zero-order valence-electron chi connectivity index (χ0n) is 8.51. The fraction of sp³-hybridized carbons (Fsp3) is 0.556. The van der Waals surface area contributed by atoms with Gasteiger partial charge in [-0.25, -0.2) is 0 Å². The normalized spacial score (nSPS) is 11.8. The van der Waals surface area contributed by atoms with Crippen molar-refractivity contribution in [2.45, 2.75) is 31.7 Å². The summed E-state index contributed by atoms with van der Waals surface area (Å²) in [6, 6.07) is -1.03. The molecule has 0 aromatic rings. The van der Waals surface area contributed by atoms with Crippen LogP contribution in [-0.2, 0) is 19.2 Å². The number of hydrogen-bond acceptors (Lipinski definition) is 5. The van der Waals surface area contributed by atoms with Crippen molar-refractivity contribution >= 4 is 23.5 Å². The Hall–Kier alpha value is -1.76. The van der Waals surface area contributed by atoms with Gasteiger partial charge in [0.15, 0.2) is 5.78 Å². The molecular weight excluding hydrogens is 218 g/mol. The van der Waals surface area contributed by atoms with Crippen molar-refractivity contribution in [3.8, 4) is 0 Å². The van der Waals surface area contributed by atoms with Gasteiger partial charge in [-0.15, -0.1) is 0 Å². The largest absolute Gasteiger partial charge is 0.481 e. The number of rotatable bonds is 8. The van der Waals surface area contributed by atoms with Crippen LogP contribution in [-0.4, -0.2) is 39.8 Å². The first kappa shape index (κ1) is 14.2. The van der Waals surface area contributed by atoms with Crippen LogP contribution in [0.4, 0.5) is 0 Å². The summed E-state index contributed by atoms with van der Waals surface area (Å²) in [6.07, 6.45) is -1.47. The molecule has 7 heteroatoms. The molecule has 0 heterocycles. The lowest BCUT2D eigenvalue weighted by Gasteiger charge is -2.07. The van der Waals surface area contributed by atoms with Crippen molar-refractivity contribution in [1.82, 2.24) is 0 Å². The second kappa shape index (κ2) is 6.67. The molecule has 16 heavy (non-hydrogen) atoms. The molecule has 0 rings (SSSR count). The van der Waals surface area contributed by atoms with E-state index >= 15 is 0 Å². The monoisotopic (exact) mass is 231 g/mol. The summed E-state index contributed by atoms with van der Waals surface area (Å²) in [7, 11) is 0. The van der Waals surface area contributed by atoms with Gasteiger partial charge in [0.2, 0.25) is 0 Å². The van der Waals surface area contributed by atoms with Crippen molar-refractivity contribution < 1.29 is 29.4 Å². The van der Waals surface area contributed by atoms with Crippen LogP contribution in [0.25, 0.3) is 0 Å². The highest BCUT2D eigenvalue weighted by Crippen LogP contribution is 2.02. The predicted molar refractivity (Wildman–Crippen MR) is 51.7 cm³/mol. The van der Waals surface area contributed by atoms with Crippen LogP contribution in [0.2, 0.25) is 0 Å². The van der Waals surface area contributed by atoms with E-state index < -0.39 is 42.4 Å². The number of Topliss-reactive ketones (excluding diaryl/α,β-unsaturated/α-hetero) is 2. The van der Waals surface area contributed by atoms with Gasteiger partial charge in [0.1, 0.15) is 18.6 Å². The van der Waals surface area contributed by atoms with E-state index in [1.807, 2.05) is 0 Å². The zero-order valence-corrected chi connectivity index (χ0v) is 8.51. The quantitative estimate of drug-likeness (QED) is 0.464. The summed E-state index contributed by atoms with van der Waals surface area (Å²) in [4.78, 5) is 42.3.